The molecule has 0 atom stereocenters. The lowest BCUT2D eigenvalue weighted by atomic mass is 10.2. The maximum absolute atomic E-state index is 5.56. The Labute approximate surface area is 128 Å². The molecule has 0 saturated heterocycles. The van der Waals surface area contributed by atoms with Crippen LogP contribution in [0.5, 0.6) is 0 Å². The molecule has 1 aromatic carbocycles. The van der Waals surface area contributed by atoms with Crippen LogP contribution in [0, 0.1) is 0 Å². The number of aromatic nitrogens is 1. The third-order valence-electron chi connectivity index (χ3n) is 3.60. The minimum absolute atomic E-state index is 0.331. The van der Waals surface area contributed by atoms with E-state index in [1.807, 2.05) is 0 Å². The lowest BCUT2D eigenvalue weighted by molar-refractivity contribution is 0.0770. The van der Waals surface area contributed by atoms with Crippen LogP contribution in [-0.4, -0.2) is 23.8 Å². The van der Waals surface area contributed by atoms with E-state index in [1.54, 1.807) is 0 Å². The van der Waals surface area contributed by atoms with Gasteiger partial charge in [0.1, 0.15) is 0 Å². The Morgan fingerprint density at radius 1 is 1.24 bits per heavy atom. The van der Waals surface area contributed by atoms with Crippen LogP contribution in [0.15, 0.2) is 30.5 Å². The minimum atomic E-state index is 0.331. The summed E-state index contributed by atoms with van der Waals surface area (Å²) in [6, 6.07) is 8.68. The number of ether oxygens (including phenoxy) is 1. The Balaban J connectivity index is 1.90. The number of aryl methyl sites for hydroxylation is 1. The Morgan fingerprint density at radius 3 is 2.81 bits per heavy atom. The fourth-order valence-electron chi connectivity index (χ4n) is 2.63. The zero-order chi connectivity index (χ0) is 15.1. The van der Waals surface area contributed by atoms with Crippen molar-refractivity contribution in [3.8, 4) is 0 Å². The molecular weight excluding hydrogens is 260 g/mol. The van der Waals surface area contributed by atoms with Crippen molar-refractivity contribution in [3.05, 3.63) is 36.0 Å². The topological polar surface area (TPSA) is 26.2 Å². The average molecular weight is 288 g/mol. The average Bonchev–Trinajstić information content (AvgIpc) is 2.81. The van der Waals surface area contributed by atoms with E-state index in [-0.39, 0.29) is 0 Å². The molecule has 21 heavy (non-hydrogen) atoms. The lowest BCUT2D eigenvalue weighted by Crippen LogP contribution is -2.17. The Hall–Kier alpha value is -1.32. The van der Waals surface area contributed by atoms with Crippen LogP contribution in [-0.2, 0) is 17.8 Å². The maximum atomic E-state index is 5.56. The summed E-state index contributed by atoms with van der Waals surface area (Å²) < 4.78 is 7.93. The molecule has 0 saturated carbocycles. The van der Waals surface area contributed by atoms with Crippen molar-refractivity contribution in [1.29, 1.82) is 0 Å². The molecule has 1 heterocycles. The van der Waals surface area contributed by atoms with Gasteiger partial charge in [-0.05, 0) is 44.9 Å². The number of nitrogens with one attached hydrogen (secondary N) is 1. The van der Waals surface area contributed by atoms with Crippen LogP contribution >= 0.6 is 0 Å². The van der Waals surface area contributed by atoms with Crippen LogP contribution in [0.4, 0.5) is 0 Å². The van der Waals surface area contributed by atoms with Crippen molar-refractivity contribution in [2.24, 2.45) is 0 Å². The van der Waals surface area contributed by atoms with Gasteiger partial charge in [0.25, 0.3) is 0 Å². The lowest BCUT2D eigenvalue weighted by Gasteiger charge is -2.07. The Morgan fingerprint density at radius 2 is 2.05 bits per heavy atom. The van der Waals surface area contributed by atoms with E-state index in [1.165, 1.54) is 16.5 Å². The maximum Gasteiger partial charge on any atom is 0.0518 e. The standard InChI is InChI=1S/C18H28N2O/c1-4-11-20-14-16(17-8-5-6-9-18(17)20)13-19-10-7-12-21-15(2)3/h5-6,8-9,14-15,19H,4,7,10-13H2,1-3H3. The SMILES string of the molecule is CCCn1cc(CNCCCOC(C)C)c2ccccc21. The zero-order valence-corrected chi connectivity index (χ0v) is 13.6. The number of rotatable bonds is 9. The second-order valence-electron chi connectivity index (χ2n) is 5.81. The number of benzene rings is 1. The summed E-state index contributed by atoms with van der Waals surface area (Å²) in [6.07, 6.45) is 4.85. The van der Waals surface area contributed by atoms with Crippen LogP contribution in [0.25, 0.3) is 10.9 Å². The molecule has 0 aliphatic rings. The van der Waals surface area contributed by atoms with Gasteiger partial charge in [-0.2, -0.15) is 0 Å². The quantitative estimate of drug-likeness (QED) is 0.707. The highest BCUT2D eigenvalue weighted by Gasteiger charge is 2.06. The monoisotopic (exact) mass is 288 g/mol. The smallest absolute Gasteiger partial charge is 0.0518 e. The van der Waals surface area contributed by atoms with Gasteiger partial charge in [-0.3, -0.25) is 0 Å². The first-order valence-electron chi connectivity index (χ1n) is 8.11. The minimum Gasteiger partial charge on any atom is -0.379 e. The number of hydrogen-bond donors (Lipinski definition) is 1. The van der Waals surface area contributed by atoms with Crippen LogP contribution in [0.2, 0.25) is 0 Å². The van der Waals surface area contributed by atoms with Crippen LogP contribution < -0.4 is 5.32 Å². The van der Waals surface area contributed by atoms with Crippen LogP contribution in [0.3, 0.4) is 0 Å². The molecule has 0 bridgehead atoms. The normalized spacial score (nSPS) is 11.6. The molecule has 0 radical (unpaired) electrons. The van der Waals surface area contributed by atoms with Gasteiger partial charge in [-0.15, -0.1) is 0 Å². The van der Waals surface area contributed by atoms with E-state index in [2.05, 4.69) is 61.1 Å². The molecule has 2 aromatic rings. The molecule has 0 spiro atoms. The fourth-order valence-corrected chi connectivity index (χ4v) is 2.63. The van der Waals surface area contributed by atoms with E-state index >= 15 is 0 Å². The van der Waals surface area contributed by atoms with Gasteiger partial charge in [0.2, 0.25) is 0 Å². The van der Waals surface area contributed by atoms with Gasteiger partial charge in [-0.25, -0.2) is 0 Å². The first-order valence-corrected chi connectivity index (χ1v) is 8.11. The van der Waals surface area contributed by atoms with E-state index in [0.717, 1.165) is 39.1 Å². The van der Waals surface area contributed by atoms with Gasteiger partial charge in [0.05, 0.1) is 6.10 Å². The molecule has 0 aliphatic carbocycles. The highest BCUT2D eigenvalue weighted by Crippen LogP contribution is 2.21. The van der Waals surface area contributed by atoms with Crippen molar-refractivity contribution in [3.63, 3.8) is 0 Å². The second-order valence-corrected chi connectivity index (χ2v) is 5.81. The summed E-state index contributed by atoms with van der Waals surface area (Å²) >= 11 is 0. The summed E-state index contributed by atoms with van der Waals surface area (Å²) in [6.45, 7) is 10.2. The highest BCUT2D eigenvalue weighted by atomic mass is 16.5. The van der Waals surface area contributed by atoms with E-state index in [0.29, 0.717) is 6.10 Å². The molecule has 1 aromatic heterocycles. The van der Waals surface area contributed by atoms with Gasteiger partial charge in [0.15, 0.2) is 0 Å². The van der Waals surface area contributed by atoms with Crippen molar-refractivity contribution in [1.82, 2.24) is 9.88 Å². The molecule has 3 nitrogen and oxygen atoms in total. The molecule has 2 rings (SSSR count). The fraction of sp³-hybridized carbons (Fsp3) is 0.556. The molecular formula is C18H28N2O. The Kier molecular flexibility index (Phi) is 6.27. The third-order valence-corrected chi connectivity index (χ3v) is 3.60. The molecule has 1 N–H and O–H groups in total. The Bertz CT molecular complexity index is 545. The van der Waals surface area contributed by atoms with Crippen molar-refractivity contribution < 1.29 is 4.74 Å². The number of hydrogen-bond acceptors (Lipinski definition) is 2. The molecule has 116 valence electrons. The highest BCUT2D eigenvalue weighted by molar-refractivity contribution is 5.83. The van der Waals surface area contributed by atoms with Crippen molar-refractivity contribution in [2.45, 2.75) is 52.8 Å². The predicted molar refractivity (Wildman–Crippen MR) is 89.6 cm³/mol. The summed E-state index contributed by atoms with van der Waals surface area (Å²) in [5, 5.41) is 4.90. The second kappa shape index (κ2) is 8.20. The summed E-state index contributed by atoms with van der Waals surface area (Å²) in [5.41, 5.74) is 2.74. The summed E-state index contributed by atoms with van der Waals surface area (Å²) in [7, 11) is 0. The van der Waals surface area contributed by atoms with Crippen molar-refractivity contribution >= 4 is 10.9 Å². The van der Waals surface area contributed by atoms with Crippen molar-refractivity contribution in [2.75, 3.05) is 13.2 Å². The van der Waals surface area contributed by atoms with Gasteiger partial charge >= 0.3 is 0 Å². The molecule has 0 aliphatic heterocycles. The molecule has 0 amide bonds. The molecule has 3 heteroatoms. The van der Waals surface area contributed by atoms with E-state index in [9.17, 15) is 0 Å². The third kappa shape index (κ3) is 4.58. The molecule has 0 unspecified atom stereocenters. The largest absolute Gasteiger partial charge is 0.379 e. The zero-order valence-electron chi connectivity index (χ0n) is 13.6. The number of nitrogens with zero attached hydrogens (tertiary/aromatic N) is 1. The number of fused-ring (bicyclic) bond motifs is 1. The predicted octanol–water partition coefficient (Wildman–Crippen LogP) is 3.96. The van der Waals surface area contributed by atoms with E-state index in [4.69, 9.17) is 4.74 Å². The molecule has 0 fully saturated rings. The van der Waals surface area contributed by atoms with Crippen LogP contribution in [0.1, 0.15) is 39.2 Å². The number of para-hydroxylation sites is 1. The first-order chi connectivity index (χ1) is 10.2. The first kappa shape index (κ1) is 16.1. The van der Waals surface area contributed by atoms with E-state index < -0.39 is 0 Å². The summed E-state index contributed by atoms with van der Waals surface area (Å²) in [4.78, 5) is 0. The van der Waals surface area contributed by atoms with Gasteiger partial charge in [0, 0.05) is 36.8 Å². The van der Waals surface area contributed by atoms with Gasteiger partial charge < -0.3 is 14.6 Å². The van der Waals surface area contributed by atoms with Gasteiger partial charge in [-0.1, -0.05) is 25.1 Å². The summed E-state index contributed by atoms with van der Waals surface area (Å²) in [5.74, 6) is 0.